The fourth-order valence-corrected chi connectivity index (χ4v) is 7.90. The van der Waals surface area contributed by atoms with E-state index in [0.717, 1.165) is 12.8 Å². The van der Waals surface area contributed by atoms with Crippen LogP contribution in [-0.4, -0.2) is 102 Å². The van der Waals surface area contributed by atoms with Gasteiger partial charge in [0, 0.05) is 26.6 Å². The van der Waals surface area contributed by atoms with Gasteiger partial charge in [-0.1, -0.05) is 76.1 Å². The van der Waals surface area contributed by atoms with Crippen LogP contribution >= 0.6 is 0 Å². The molecule has 2 bridgehead atoms. The Balaban J connectivity index is 1.74. The van der Waals surface area contributed by atoms with Crippen LogP contribution in [0.3, 0.4) is 0 Å². The van der Waals surface area contributed by atoms with Crippen molar-refractivity contribution in [3.05, 3.63) is 61.2 Å². The van der Waals surface area contributed by atoms with E-state index in [1.165, 1.54) is 12.0 Å². The lowest BCUT2D eigenvalue weighted by atomic mass is 9.70. The molecule has 3 amide bonds. The number of nitrogens with one attached hydrogen (secondary N) is 1. The van der Waals surface area contributed by atoms with E-state index in [2.05, 4.69) is 18.5 Å². The zero-order valence-corrected chi connectivity index (χ0v) is 29.6. The van der Waals surface area contributed by atoms with Gasteiger partial charge in [0.25, 0.3) is 0 Å². The van der Waals surface area contributed by atoms with Gasteiger partial charge in [0.1, 0.15) is 17.7 Å². The van der Waals surface area contributed by atoms with E-state index in [1.54, 1.807) is 17.1 Å². The summed E-state index contributed by atoms with van der Waals surface area (Å²) >= 11 is 0. The Kier molecular flexibility index (Phi) is 13.6. The number of aliphatic hydroxyl groups excluding tert-OH is 1. The number of likely N-dealkylation sites (tertiary alicyclic amines) is 1. The Morgan fingerprint density at radius 2 is 1.94 bits per heavy atom. The van der Waals surface area contributed by atoms with Crippen molar-refractivity contribution in [3.63, 3.8) is 0 Å². The van der Waals surface area contributed by atoms with Crippen LogP contribution in [0.4, 0.5) is 0 Å². The number of ether oxygens (including phenoxy) is 3. The van der Waals surface area contributed by atoms with Gasteiger partial charge in [-0.2, -0.15) is 0 Å². The number of amides is 3. The highest BCUT2D eigenvalue weighted by Gasteiger charge is 2.76. The van der Waals surface area contributed by atoms with E-state index in [0.29, 0.717) is 44.3 Å². The van der Waals surface area contributed by atoms with Crippen molar-refractivity contribution in [1.29, 1.82) is 0 Å². The number of unbranched alkanes of at least 4 members (excludes halogenated alkanes) is 1. The highest BCUT2D eigenvalue weighted by molar-refractivity contribution is 5.98. The third-order valence-electron chi connectivity index (χ3n) is 10.5. The minimum atomic E-state index is -1.25. The first-order valence-electron chi connectivity index (χ1n) is 17.8. The number of fused-ring (bicyclic) bond motifs is 1. The number of allylic oxidation sites excluding steroid dienone is 1. The molecule has 2 N–H and O–H groups in total. The van der Waals surface area contributed by atoms with Crippen LogP contribution in [0.15, 0.2) is 55.6 Å². The topological polar surface area (TPSA) is 135 Å². The average molecular weight is 682 g/mol. The maximum absolute atomic E-state index is 14.7. The largest absolute Gasteiger partial charge is 0.455 e. The number of esters is 1. The van der Waals surface area contributed by atoms with Gasteiger partial charge in [0.05, 0.1) is 43.2 Å². The van der Waals surface area contributed by atoms with Crippen LogP contribution in [0.5, 0.6) is 0 Å². The molecular formula is C38H55N3O8. The predicted molar refractivity (Wildman–Crippen MR) is 185 cm³/mol. The number of carbonyl (C=O) groups is 4. The number of nitrogens with zero attached hydrogens (tertiary/aromatic N) is 2. The van der Waals surface area contributed by atoms with Gasteiger partial charge in [0.15, 0.2) is 0 Å². The van der Waals surface area contributed by atoms with Crippen molar-refractivity contribution >= 4 is 23.7 Å². The molecule has 9 atom stereocenters. The van der Waals surface area contributed by atoms with E-state index in [1.807, 2.05) is 51.1 Å². The molecular weight excluding hydrogens is 626 g/mol. The minimum Gasteiger partial charge on any atom is -0.455 e. The summed E-state index contributed by atoms with van der Waals surface area (Å²) in [5.41, 5.74) is -0.594. The Morgan fingerprint density at radius 1 is 1.20 bits per heavy atom. The molecule has 11 heteroatoms. The first kappa shape index (κ1) is 38.3. The van der Waals surface area contributed by atoms with Gasteiger partial charge in [0.2, 0.25) is 17.7 Å². The molecule has 0 aromatic heterocycles. The molecule has 3 heterocycles. The van der Waals surface area contributed by atoms with Crippen LogP contribution in [0.25, 0.3) is 0 Å². The standard InChI is InChI=1S/C38H55N3O8/c1-7-11-18-30(43)39-27(24-47-6)33(26-16-14-13-15-17-26)48-37(46)31-29-19-20-38(49-29)32(31)35(44)41(28(23-42)25(5)10-4)34(38)36(45)40(21-9-3)22-12-8-2/h7,9,13-17,25,27-29,31-34,42H,1,3,8,10-12,18-24H2,2,4-6H3,(H,39,43)/t25-,27+,28-,29-,31+,32+,33+,34-,38+/m0/s1. The maximum atomic E-state index is 14.7. The first-order valence-corrected chi connectivity index (χ1v) is 17.8. The molecule has 0 saturated carbocycles. The molecule has 1 aromatic carbocycles. The second kappa shape index (κ2) is 17.4. The molecule has 3 fully saturated rings. The summed E-state index contributed by atoms with van der Waals surface area (Å²) in [6, 6.07) is 6.74. The zero-order valence-electron chi connectivity index (χ0n) is 29.6. The van der Waals surface area contributed by atoms with Gasteiger partial charge in [-0.3, -0.25) is 19.2 Å². The van der Waals surface area contributed by atoms with Crippen molar-refractivity contribution in [2.75, 3.05) is 33.4 Å². The fraction of sp³-hybridized carbons (Fsp3) is 0.632. The van der Waals surface area contributed by atoms with Crippen LogP contribution in [-0.2, 0) is 33.4 Å². The van der Waals surface area contributed by atoms with Crippen molar-refractivity contribution < 1.29 is 38.5 Å². The number of benzene rings is 1. The fourth-order valence-electron chi connectivity index (χ4n) is 7.90. The number of methoxy groups -OCH3 is 1. The van der Waals surface area contributed by atoms with Crippen LogP contribution in [0.1, 0.15) is 77.4 Å². The van der Waals surface area contributed by atoms with Crippen molar-refractivity contribution in [3.8, 4) is 0 Å². The second-order valence-electron chi connectivity index (χ2n) is 13.6. The number of carbonyl (C=O) groups excluding carboxylic acids is 4. The molecule has 1 spiro atoms. The van der Waals surface area contributed by atoms with E-state index < -0.39 is 53.7 Å². The van der Waals surface area contributed by atoms with Gasteiger partial charge < -0.3 is 34.4 Å². The number of hydrogen-bond acceptors (Lipinski definition) is 8. The lowest BCUT2D eigenvalue weighted by Crippen LogP contribution is -2.59. The first-order chi connectivity index (χ1) is 23.6. The molecule has 4 rings (SSSR count). The molecule has 1 aromatic rings. The lowest BCUT2D eigenvalue weighted by Gasteiger charge is -2.41. The normalized spacial score (nSPS) is 26.4. The summed E-state index contributed by atoms with van der Waals surface area (Å²) in [5, 5.41) is 13.6. The monoisotopic (exact) mass is 681 g/mol. The van der Waals surface area contributed by atoms with Crippen molar-refractivity contribution in [1.82, 2.24) is 15.1 Å². The van der Waals surface area contributed by atoms with E-state index >= 15 is 0 Å². The minimum absolute atomic E-state index is 0.0674. The van der Waals surface area contributed by atoms with E-state index in [4.69, 9.17) is 14.2 Å². The molecule has 3 aliphatic heterocycles. The molecule has 3 saturated heterocycles. The number of rotatable bonds is 20. The SMILES string of the molecule is C=CCCC(=O)N[C@H](COC)[C@H](OC(=O)[C@@H]1[C@@H]2CC[C@]3(O2)[C@H](C(=O)N(CC=C)CCCC)N([C@@H](CO)[C@@H](C)CC)C(=O)[C@@H]13)c1ccccc1. The Morgan fingerprint density at radius 3 is 2.55 bits per heavy atom. The summed E-state index contributed by atoms with van der Waals surface area (Å²) in [5.74, 6) is -3.58. The third-order valence-corrected chi connectivity index (χ3v) is 10.5. The number of aliphatic hydroxyl groups is 1. The maximum Gasteiger partial charge on any atom is 0.313 e. The quantitative estimate of drug-likeness (QED) is 0.156. The van der Waals surface area contributed by atoms with Crippen LogP contribution in [0, 0.1) is 17.8 Å². The summed E-state index contributed by atoms with van der Waals surface area (Å²) in [6.07, 6.45) is 5.70. The van der Waals surface area contributed by atoms with E-state index in [-0.39, 0.29) is 43.3 Å². The Hall–Kier alpha value is -3.54. The summed E-state index contributed by atoms with van der Waals surface area (Å²) in [4.78, 5) is 59.8. The lowest BCUT2D eigenvalue weighted by molar-refractivity contribution is -0.164. The summed E-state index contributed by atoms with van der Waals surface area (Å²) < 4.78 is 18.4. The Labute approximate surface area is 291 Å². The predicted octanol–water partition coefficient (Wildman–Crippen LogP) is 3.96. The van der Waals surface area contributed by atoms with Crippen LogP contribution < -0.4 is 5.32 Å². The number of hydrogen-bond donors (Lipinski definition) is 2. The van der Waals surface area contributed by atoms with Gasteiger partial charge in [-0.15, -0.1) is 13.2 Å². The average Bonchev–Trinajstić information content (AvgIpc) is 3.75. The van der Waals surface area contributed by atoms with Gasteiger partial charge in [-0.05, 0) is 37.2 Å². The van der Waals surface area contributed by atoms with Crippen molar-refractivity contribution in [2.24, 2.45) is 17.8 Å². The van der Waals surface area contributed by atoms with E-state index in [9.17, 15) is 24.3 Å². The van der Waals surface area contributed by atoms with Crippen LogP contribution in [0.2, 0.25) is 0 Å². The highest BCUT2D eigenvalue weighted by atomic mass is 16.6. The Bertz CT molecular complexity index is 1320. The molecule has 0 radical (unpaired) electrons. The molecule has 0 aliphatic carbocycles. The molecule has 0 unspecified atom stereocenters. The van der Waals surface area contributed by atoms with Gasteiger partial charge >= 0.3 is 5.97 Å². The zero-order chi connectivity index (χ0) is 35.7. The van der Waals surface area contributed by atoms with Gasteiger partial charge in [-0.25, -0.2) is 0 Å². The summed E-state index contributed by atoms with van der Waals surface area (Å²) in [7, 11) is 1.51. The summed E-state index contributed by atoms with van der Waals surface area (Å²) in [6.45, 7) is 14.1. The molecule has 3 aliphatic rings. The molecule has 270 valence electrons. The van der Waals surface area contributed by atoms with Crippen molar-refractivity contribution in [2.45, 2.75) is 102 Å². The second-order valence-corrected chi connectivity index (χ2v) is 13.6. The third kappa shape index (κ3) is 7.79. The highest BCUT2D eigenvalue weighted by Crippen LogP contribution is 2.59. The smallest absolute Gasteiger partial charge is 0.313 e. The molecule has 11 nitrogen and oxygen atoms in total. The molecule has 49 heavy (non-hydrogen) atoms.